The zero-order chi connectivity index (χ0) is 3.41. The third-order valence-electron chi connectivity index (χ3n) is 0.0913. The third-order valence-corrected chi connectivity index (χ3v) is 0.0913. The summed E-state index contributed by atoms with van der Waals surface area (Å²) in [5.74, 6) is 0. The maximum atomic E-state index is 7.51. The van der Waals surface area contributed by atoms with Gasteiger partial charge in [0.15, 0.2) is 0 Å². The van der Waals surface area contributed by atoms with Gasteiger partial charge in [-0.3, -0.25) is 0 Å². The van der Waals surface area contributed by atoms with Gasteiger partial charge in [0.2, 0.25) is 0 Å². The van der Waals surface area contributed by atoms with Crippen LogP contribution in [-0.2, 0) is 61.6 Å². The molecule has 0 atom stereocenters. The second kappa shape index (κ2) is 43.9. The summed E-state index contributed by atoms with van der Waals surface area (Å²) in [6.45, 7) is 3.12. The van der Waals surface area contributed by atoms with Crippen LogP contribution in [-0.4, -0.2) is 0 Å². The average Bonchev–Trinajstić information content (AvgIpc) is 1.37. The first-order valence-corrected chi connectivity index (χ1v) is 0.921. The van der Waals surface area contributed by atoms with Crippen molar-refractivity contribution in [3.8, 4) is 6.07 Å². The van der Waals surface area contributed by atoms with Crippen LogP contribution in [0.25, 0.3) is 0 Å². The molecule has 0 fully saturated rings. The summed E-state index contributed by atoms with van der Waals surface area (Å²) in [6.07, 6.45) is 1.18. The Hall–Kier alpha value is 0.968. The van der Waals surface area contributed by atoms with Crippen molar-refractivity contribution in [1.29, 1.82) is 5.26 Å². The van der Waals surface area contributed by atoms with Gasteiger partial charge in [0, 0.05) is 27.1 Å². The van der Waals surface area contributed by atoms with Crippen LogP contribution in [0.4, 0.5) is 0 Å². The largest absolute Gasteiger partial charge is 2.00 e. The van der Waals surface area contributed by atoms with E-state index < -0.39 is 0 Å². The van der Waals surface area contributed by atoms with Crippen molar-refractivity contribution >= 4 is 40.5 Å². The Morgan fingerprint density at radius 3 is 1.38 bits per heavy atom. The predicted molar refractivity (Wildman–Crippen MR) is 37.9 cm³/mol. The normalized spacial score (nSPS) is 1.88. The molecule has 0 amide bonds. The number of allylic oxidation sites excluding steroid dienone is 1. The van der Waals surface area contributed by atoms with Gasteiger partial charge in [0.05, 0.1) is 6.07 Å². The van der Waals surface area contributed by atoms with Gasteiger partial charge in [-0.05, 0) is 0 Å². The fourth-order valence-corrected chi connectivity index (χ4v) is 0. The Balaban J connectivity index is -0.00000000750. The molecule has 0 bridgehead atoms. The van der Waals surface area contributed by atoms with E-state index >= 15 is 0 Å². The van der Waals surface area contributed by atoms with E-state index in [4.69, 9.17) is 5.26 Å². The van der Waals surface area contributed by atoms with Gasteiger partial charge < -0.3 is 40.5 Å². The summed E-state index contributed by atoms with van der Waals surface area (Å²) < 4.78 is 0. The molecule has 0 N–H and O–H groups in total. The Morgan fingerprint density at radius 2 is 1.38 bits per heavy atom. The molecule has 0 aliphatic rings. The molecule has 0 aliphatic carbocycles. The Morgan fingerprint density at radius 1 is 1.25 bits per heavy atom. The number of hydrogen-bond donors (Lipinski definition) is 0. The van der Waals surface area contributed by atoms with Crippen molar-refractivity contribution in [2.45, 2.75) is 0 Å². The summed E-state index contributed by atoms with van der Waals surface area (Å²) in [6, 6.07) is 1.69. The molecular formula is C3H3MoNS3-6. The van der Waals surface area contributed by atoms with Crippen LogP contribution in [0, 0.1) is 11.3 Å². The van der Waals surface area contributed by atoms with E-state index in [1.54, 1.807) is 6.07 Å². The average molecular weight is 245 g/mol. The van der Waals surface area contributed by atoms with Crippen LogP contribution >= 0.6 is 0 Å². The van der Waals surface area contributed by atoms with E-state index in [0.29, 0.717) is 0 Å². The molecule has 8 heavy (non-hydrogen) atoms. The molecule has 0 heterocycles. The molecule has 0 spiro atoms. The predicted octanol–water partition coefficient (Wildman–Crippen LogP) is 0.686. The van der Waals surface area contributed by atoms with Gasteiger partial charge >= 0.3 is 0 Å². The maximum Gasteiger partial charge on any atom is 0.0905 e. The number of nitrogens with zero attached hydrogens (tertiary/aromatic N) is 1. The molecule has 0 radical (unpaired) electrons. The summed E-state index contributed by atoms with van der Waals surface area (Å²) in [7, 11) is 0. The molecule has 0 aliphatic heterocycles. The minimum Gasteiger partial charge on any atom is -2.00 e. The molecule has 0 aromatic carbocycles. The van der Waals surface area contributed by atoms with Crippen LogP contribution < -0.4 is 0 Å². The standard InChI is InChI=1S/C3H3N.Mo.3S/c1-2-3-4;;;;/h2H,1H2;;;;/q;;3*-2. The second-order valence-corrected chi connectivity index (χ2v) is 0.333. The van der Waals surface area contributed by atoms with Crippen LogP contribution in [0.2, 0.25) is 0 Å². The van der Waals surface area contributed by atoms with Crippen molar-refractivity contribution < 1.29 is 21.1 Å². The van der Waals surface area contributed by atoms with Gasteiger partial charge in [-0.15, -0.1) is 0 Å². The fraction of sp³-hybridized carbons (Fsp3) is 0. The van der Waals surface area contributed by atoms with Gasteiger partial charge in [-0.2, -0.15) is 5.26 Å². The zero-order valence-electron chi connectivity index (χ0n) is 3.86. The van der Waals surface area contributed by atoms with Crippen molar-refractivity contribution in [2.24, 2.45) is 0 Å². The van der Waals surface area contributed by atoms with E-state index in [2.05, 4.69) is 6.58 Å². The van der Waals surface area contributed by atoms with Gasteiger partial charge in [-0.25, -0.2) is 0 Å². The minimum atomic E-state index is 0. The van der Waals surface area contributed by atoms with Gasteiger partial charge in [0.1, 0.15) is 0 Å². The van der Waals surface area contributed by atoms with Crippen LogP contribution in [0.1, 0.15) is 0 Å². The van der Waals surface area contributed by atoms with E-state index in [1.165, 1.54) is 6.08 Å². The zero-order valence-corrected chi connectivity index (χ0v) is 8.32. The van der Waals surface area contributed by atoms with Gasteiger partial charge in [0.25, 0.3) is 0 Å². The second-order valence-electron chi connectivity index (χ2n) is 0.333. The van der Waals surface area contributed by atoms with E-state index in [-0.39, 0.29) is 61.6 Å². The molecule has 0 rings (SSSR count). The number of hydrogen-bond acceptors (Lipinski definition) is 1. The van der Waals surface area contributed by atoms with Crippen molar-refractivity contribution in [2.75, 3.05) is 0 Å². The Labute approximate surface area is 85.1 Å². The first-order chi connectivity index (χ1) is 1.91. The van der Waals surface area contributed by atoms with Crippen molar-refractivity contribution in [3.05, 3.63) is 12.7 Å². The summed E-state index contributed by atoms with van der Waals surface area (Å²) in [4.78, 5) is 0. The van der Waals surface area contributed by atoms with E-state index in [1.807, 2.05) is 0 Å². The monoisotopic (exact) mass is 247 g/mol. The first kappa shape index (κ1) is 36.2. The summed E-state index contributed by atoms with van der Waals surface area (Å²) in [5.41, 5.74) is 0. The summed E-state index contributed by atoms with van der Waals surface area (Å²) in [5, 5.41) is 7.51. The Bertz CT molecular complexity index is 60.0. The minimum absolute atomic E-state index is 0. The van der Waals surface area contributed by atoms with Crippen molar-refractivity contribution in [3.63, 3.8) is 0 Å². The van der Waals surface area contributed by atoms with Crippen LogP contribution in [0.3, 0.4) is 0 Å². The van der Waals surface area contributed by atoms with E-state index in [0.717, 1.165) is 0 Å². The molecule has 50 valence electrons. The third kappa shape index (κ3) is 64.1. The number of rotatable bonds is 0. The molecule has 0 saturated heterocycles. The van der Waals surface area contributed by atoms with Crippen molar-refractivity contribution in [1.82, 2.24) is 0 Å². The van der Waals surface area contributed by atoms with Gasteiger partial charge in [-0.1, -0.05) is 6.58 Å². The Kier molecular flexibility index (Phi) is 198. The maximum absolute atomic E-state index is 7.51. The number of nitriles is 1. The molecule has 0 aromatic rings. The smallest absolute Gasteiger partial charge is 0.0905 e. The topological polar surface area (TPSA) is 23.8 Å². The molecule has 5 heteroatoms. The molecule has 0 aromatic heterocycles. The molecule has 0 unspecified atom stereocenters. The first-order valence-electron chi connectivity index (χ1n) is 0.921. The van der Waals surface area contributed by atoms with Crippen LogP contribution in [0.15, 0.2) is 12.7 Å². The SMILES string of the molecule is C=CC#N.[Mo].[S-2].[S-2].[S-2]. The molecule has 0 saturated carbocycles. The molecular weight excluding hydrogens is 242 g/mol. The quantitative estimate of drug-likeness (QED) is 0.455. The van der Waals surface area contributed by atoms with Crippen LogP contribution in [0.5, 0.6) is 0 Å². The summed E-state index contributed by atoms with van der Waals surface area (Å²) >= 11 is 0. The fourth-order valence-electron chi connectivity index (χ4n) is 0. The molecule has 1 nitrogen and oxygen atoms in total. The van der Waals surface area contributed by atoms with E-state index in [9.17, 15) is 0 Å².